The molecular formula is C35H32ClF4N9O4S. The first-order valence-corrected chi connectivity index (χ1v) is 17.6. The zero-order valence-corrected chi connectivity index (χ0v) is 30.2. The van der Waals surface area contributed by atoms with Crippen molar-refractivity contribution in [3.05, 3.63) is 88.7 Å². The summed E-state index contributed by atoms with van der Waals surface area (Å²) >= 11 is 7.24. The Labute approximate surface area is 314 Å². The van der Waals surface area contributed by atoms with E-state index in [-0.39, 0.29) is 41.4 Å². The molecule has 0 unspecified atom stereocenters. The van der Waals surface area contributed by atoms with Crippen molar-refractivity contribution in [2.75, 3.05) is 35.6 Å². The van der Waals surface area contributed by atoms with Crippen molar-refractivity contribution >= 4 is 73.6 Å². The van der Waals surface area contributed by atoms with Gasteiger partial charge in [0.05, 0.1) is 21.3 Å². The third-order valence-corrected chi connectivity index (χ3v) is 9.33. The molecule has 1 aliphatic rings. The van der Waals surface area contributed by atoms with Crippen molar-refractivity contribution in [2.24, 2.45) is 5.41 Å². The van der Waals surface area contributed by atoms with Crippen molar-refractivity contribution in [2.45, 2.75) is 38.4 Å². The van der Waals surface area contributed by atoms with Crippen molar-refractivity contribution in [3.63, 3.8) is 0 Å². The number of alkyl halides is 3. The van der Waals surface area contributed by atoms with Crippen LogP contribution in [0.4, 0.5) is 40.3 Å². The first-order valence-electron chi connectivity index (χ1n) is 16.4. The molecule has 0 aliphatic heterocycles. The van der Waals surface area contributed by atoms with Crippen LogP contribution < -0.4 is 31.3 Å². The van der Waals surface area contributed by atoms with Gasteiger partial charge in [0, 0.05) is 23.8 Å². The molecule has 5 N–H and O–H groups in total. The maximum Gasteiger partial charge on any atom is 0.422 e. The minimum Gasteiger partial charge on any atom is -0.454 e. The van der Waals surface area contributed by atoms with Gasteiger partial charge in [0.15, 0.2) is 11.7 Å². The molecule has 5 aromatic rings. The van der Waals surface area contributed by atoms with E-state index in [2.05, 4.69) is 46.5 Å². The van der Waals surface area contributed by atoms with Gasteiger partial charge in [0.2, 0.25) is 11.9 Å². The lowest BCUT2D eigenvalue weighted by Crippen LogP contribution is -2.45. The summed E-state index contributed by atoms with van der Waals surface area (Å²) in [6.07, 6.45) is -3.29. The number of hydrogen-bond acceptors (Lipinski definition) is 11. The number of nitrogens with zero attached hydrogens (tertiary/aromatic N) is 4. The average Bonchev–Trinajstić information content (AvgIpc) is 3.77. The van der Waals surface area contributed by atoms with E-state index in [9.17, 15) is 27.6 Å². The topological polar surface area (TPSA) is 172 Å². The smallest absolute Gasteiger partial charge is 0.422 e. The van der Waals surface area contributed by atoms with Crippen molar-refractivity contribution in [1.29, 1.82) is 0 Å². The van der Waals surface area contributed by atoms with E-state index < -0.39 is 53.3 Å². The number of hydrogen-bond donors (Lipinski definition) is 5. The number of amides is 3. The van der Waals surface area contributed by atoms with Crippen LogP contribution in [0, 0.1) is 11.2 Å². The number of carbonyl (C=O) groups excluding carboxylic acids is 3. The second-order valence-electron chi connectivity index (χ2n) is 13.2. The molecule has 1 fully saturated rings. The lowest BCUT2D eigenvalue weighted by atomic mass is 9.93. The highest BCUT2D eigenvalue weighted by Gasteiger charge is 2.45. The fourth-order valence-corrected chi connectivity index (χ4v) is 6.12. The van der Waals surface area contributed by atoms with Crippen molar-refractivity contribution < 1.29 is 36.7 Å². The van der Waals surface area contributed by atoms with E-state index in [1.165, 1.54) is 23.5 Å². The summed E-state index contributed by atoms with van der Waals surface area (Å²) in [5, 5.41) is 14.3. The van der Waals surface area contributed by atoms with E-state index in [1.807, 2.05) is 30.3 Å². The standard InChI is InChI=1S/C35H32ClF4N9O4S/c1-33(2,17-42-27(51)28(52)45-32-44-24-5-3-4-6-25(24)54-32)16-41-26(50)22-12-11-21(15-23(22)37)43-29-46-30(48-31(47-29)53-18-35(38,39)40)49-34(13-14-34)19-7-9-20(36)10-8-19/h3-12,15H,13-14,16-18H2,1-2H3,(H,41,50)(H,42,51)(H,44,45,52)(H2,43,46,47,48,49). The highest BCUT2D eigenvalue weighted by atomic mass is 35.5. The number of anilines is 4. The number of para-hydroxylation sites is 1. The van der Waals surface area contributed by atoms with Gasteiger partial charge < -0.3 is 26.0 Å². The zero-order chi connectivity index (χ0) is 38.7. The lowest BCUT2D eigenvalue weighted by molar-refractivity contribution is -0.154. The fraction of sp³-hybridized carbons (Fsp3) is 0.286. The molecule has 0 spiro atoms. The molecule has 2 aromatic heterocycles. The highest BCUT2D eigenvalue weighted by molar-refractivity contribution is 7.22. The van der Waals surface area contributed by atoms with Gasteiger partial charge in [-0.3, -0.25) is 19.7 Å². The van der Waals surface area contributed by atoms with Crippen LogP contribution in [0.2, 0.25) is 5.02 Å². The Hall–Kier alpha value is -5.62. The molecule has 13 nitrogen and oxygen atoms in total. The Morgan fingerprint density at radius 2 is 1.59 bits per heavy atom. The third kappa shape index (κ3) is 9.87. The molecular weight excluding hydrogens is 754 g/mol. The van der Waals surface area contributed by atoms with Gasteiger partial charge in [-0.05, 0) is 66.3 Å². The molecule has 0 saturated heterocycles. The van der Waals surface area contributed by atoms with Gasteiger partial charge in [-0.25, -0.2) is 9.37 Å². The number of fused-ring (bicyclic) bond motifs is 1. The van der Waals surface area contributed by atoms with Crippen molar-refractivity contribution in [3.8, 4) is 6.01 Å². The zero-order valence-electron chi connectivity index (χ0n) is 28.6. The Kier molecular flexibility index (Phi) is 10.9. The maximum absolute atomic E-state index is 15.2. The Morgan fingerprint density at radius 1 is 0.889 bits per heavy atom. The van der Waals surface area contributed by atoms with Crippen LogP contribution in [0.15, 0.2) is 66.7 Å². The summed E-state index contributed by atoms with van der Waals surface area (Å²) < 4.78 is 59.7. The average molecular weight is 786 g/mol. The molecule has 6 rings (SSSR count). The number of thiazole rings is 1. The monoisotopic (exact) mass is 785 g/mol. The normalized spacial score (nSPS) is 13.5. The number of ether oxygens (including phenoxy) is 1. The van der Waals surface area contributed by atoms with Gasteiger partial charge in [-0.1, -0.05) is 61.1 Å². The predicted molar refractivity (Wildman–Crippen MR) is 194 cm³/mol. The summed E-state index contributed by atoms with van der Waals surface area (Å²) in [4.78, 5) is 54.3. The number of aromatic nitrogens is 4. The first-order chi connectivity index (χ1) is 25.6. The van der Waals surface area contributed by atoms with Crippen LogP contribution in [0.1, 0.15) is 42.6 Å². The number of carbonyl (C=O) groups is 3. The minimum atomic E-state index is -4.66. The number of rotatable bonds is 13. The summed E-state index contributed by atoms with van der Waals surface area (Å²) in [5.74, 6) is -3.79. The third-order valence-electron chi connectivity index (χ3n) is 8.12. The van der Waals surface area contributed by atoms with Crippen LogP contribution >= 0.6 is 22.9 Å². The molecule has 3 amide bonds. The molecule has 282 valence electrons. The van der Waals surface area contributed by atoms with Crippen LogP contribution in [0.25, 0.3) is 10.2 Å². The highest BCUT2D eigenvalue weighted by Crippen LogP contribution is 2.48. The molecule has 0 radical (unpaired) electrons. The minimum absolute atomic E-state index is 0.00296. The van der Waals surface area contributed by atoms with Crippen LogP contribution in [0.5, 0.6) is 6.01 Å². The van der Waals surface area contributed by atoms with Gasteiger partial charge in [0.1, 0.15) is 5.82 Å². The SMILES string of the molecule is CC(C)(CNC(=O)C(=O)Nc1nc2ccccc2s1)CNC(=O)c1ccc(Nc2nc(NC3(c4ccc(Cl)cc4)CC3)nc(OCC(F)(F)F)n2)cc1F. The second-order valence-corrected chi connectivity index (χ2v) is 14.6. The van der Waals surface area contributed by atoms with Crippen LogP contribution in [-0.4, -0.2) is 63.5 Å². The summed E-state index contributed by atoms with van der Waals surface area (Å²) in [6.45, 7) is 1.81. The van der Waals surface area contributed by atoms with E-state index >= 15 is 4.39 Å². The molecule has 1 saturated carbocycles. The Bertz CT molecular complexity index is 2160. The summed E-state index contributed by atoms with van der Waals surface area (Å²) in [6, 6.07) is 17.3. The molecule has 54 heavy (non-hydrogen) atoms. The van der Waals surface area contributed by atoms with E-state index in [4.69, 9.17) is 16.3 Å². The summed E-state index contributed by atoms with van der Waals surface area (Å²) in [5.41, 5.74) is -0.00437. The number of benzene rings is 3. The van der Waals surface area contributed by atoms with E-state index in [0.29, 0.717) is 23.4 Å². The Balaban J connectivity index is 1.06. The first kappa shape index (κ1) is 38.1. The van der Waals surface area contributed by atoms with Crippen LogP contribution in [-0.2, 0) is 15.1 Å². The fourth-order valence-electron chi connectivity index (χ4n) is 5.14. The largest absolute Gasteiger partial charge is 0.454 e. The molecule has 2 heterocycles. The van der Waals surface area contributed by atoms with Crippen molar-refractivity contribution in [1.82, 2.24) is 30.6 Å². The van der Waals surface area contributed by atoms with E-state index in [0.717, 1.165) is 16.3 Å². The lowest BCUT2D eigenvalue weighted by Gasteiger charge is -2.25. The number of halogens is 5. The quantitative estimate of drug-likeness (QED) is 0.0650. The molecule has 3 aromatic carbocycles. The van der Waals surface area contributed by atoms with E-state index in [1.54, 1.807) is 32.0 Å². The predicted octanol–water partition coefficient (Wildman–Crippen LogP) is 6.57. The van der Waals surface area contributed by atoms with Gasteiger partial charge in [0.25, 0.3) is 5.91 Å². The number of nitrogens with one attached hydrogen (secondary N) is 5. The van der Waals surface area contributed by atoms with Gasteiger partial charge in [-0.2, -0.15) is 28.1 Å². The second kappa shape index (κ2) is 15.4. The molecule has 19 heteroatoms. The van der Waals surface area contributed by atoms with Gasteiger partial charge >= 0.3 is 24.0 Å². The molecule has 1 aliphatic carbocycles. The molecule has 0 atom stereocenters. The Morgan fingerprint density at radius 3 is 2.28 bits per heavy atom. The molecule has 0 bridgehead atoms. The maximum atomic E-state index is 15.2. The van der Waals surface area contributed by atoms with Crippen LogP contribution in [0.3, 0.4) is 0 Å². The van der Waals surface area contributed by atoms with Gasteiger partial charge in [-0.15, -0.1) is 0 Å². The summed E-state index contributed by atoms with van der Waals surface area (Å²) in [7, 11) is 0.